The third kappa shape index (κ3) is 3.75. The zero-order valence-corrected chi connectivity index (χ0v) is 14.2. The molecule has 4 rings (SSSR count). The van der Waals surface area contributed by atoms with E-state index in [9.17, 15) is 0 Å². The molecule has 0 saturated carbocycles. The summed E-state index contributed by atoms with van der Waals surface area (Å²) >= 11 is 0. The predicted molar refractivity (Wildman–Crippen MR) is 104 cm³/mol. The van der Waals surface area contributed by atoms with Gasteiger partial charge in [-0.15, -0.1) is 0 Å². The molecule has 1 N–H and O–H groups in total. The van der Waals surface area contributed by atoms with Gasteiger partial charge in [0, 0.05) is 24.4 Å². The summed E-state index contributed by atoms with van der Waals surface area (Å²) in [5, 5.41) is 3.40. The molecule has 0 atom stereocenters. The Kier molecular flexibility index (Phi) is 4.65. The lowest BCUT2D eigenvalue weighted by atomic mass is 10.2. The molecule has 4 aromatic rings. The summed E-state index contributed by atoms with van der Waals surface area (Å²) in [4.78, 5) is 13.8. The van der Waals surface area contributed by atoms with Gasteiger partial charge < -0.3 is 5.32 Å². The van der Waals surface area contributed by atoms with Gasteiger partial charge in [-0.3, -0.25) is 4.98 Å². The number of nitrogens with one attached hydrogen (secondary N) is 1. The Morgan fingerprint density at radius 2 is 1.42 bits per heavy atom. The number of pyridine rings is 1. The Labute approximate surface area is 152 Å². The van der Waals surface area contributed by atoms with Gasteiger partial charge in [-0.2, -0.15) is 0 Å². The fourth-order valence-corrected chi connectivity index (χ4v) is 2.69. The largest absolute Gasteiger partial charge is 0.366 e. The Hall–Kier alpha value is -3.53. The van der Waals surface area contributed by atoms with E-state index in [4.69, 9.17) is 9.97 Å². The van der Waals surface area contributed by atoms with Crippen molar-refractivity contribution in [1.82, 2.24) is 15.0 Å². The summed E-state index contributed by atoms with van der Waals surface area (Å²) in [6, 6.07) is 28.0. The highest BCUT2D eigenvalue weighted by Crippen LogP contribution is 2.23. The second-order valence-electron chi connectivity index (χ2n) is 5.88. The van der Waals surface area contributed by atoms with E-state index in [1.54, 1.807) is 6.20 Å². The third-order valence-electron chi connectivity index (χ3n) is 4.00. The molecule has 2 aromatic carbocycles. The monoisotopic (exact) mass is 338 g/mol. The highest BCUT2D eigenvalue weighted by molar-refractivity contribution is 5.65. The standard InChI is InChI=1S/C22H18N4/c1-3-9-17(10-4-1)16-24-21-15-20(19-13-7-8-14-23-19)25-22(26-21)18-11-5-2-6-12-18/h1-15H,16H2,(H,24,25,26). The maximum atomic E-state index is 4.72. The number of benzene rings is 2. The lowest BCUT2D eigenvalue weighted by Gasteiger charge is -2.10. The summed E-state index contributed by atoms with van der Waals surface area (Å²) in [5.41, 5.74) is 3.81. The van der Waals surface area contributed by atoms with Gasteiger partial charge >= 0.3 is 0 Å². The molecule has 0 aliphatic rings. The molecule has 4 heteroatoms. The van der Waals surface area contributed by atoms with Crippen LogP contribution in [0.4, 0.5) is 5.82 Å². The van der Waals surface area contributed by atoms with E-state index in [-0.39, 0.29) is 0 Å². The van der Waals surface area contributed by atoms with Crippen LogP contribution in [-0.4, -0.2) is 15.0 Å². The van der Waals surface area contributed by atoms with E-state index in [1.807, 2.05) is 72.8 Å². The van der Waals surface area contributed by atoms with E-state index in [1.165, 1.54) is 5.56 Å². The zero-order valence-electron chi connectivity index (χ0n) is 14.2. The van der Waals surface area contributed by atoms with Gasteiger partial charge in [0.15, 0.2) is 5.82 Å². The molecule has 2 aromatic heterocycles. The van der Waals surface area contributed by atoms with Crippen molar-refractivity contribution < 1.29 is 0 Å². The number of anilines is 1. The fourth-order valence-electron chi connectivity index (χ4n) is 2.69. The van der Waals surface area contributed by atoms with Crippen LogP contribution in [0.2, 0.25) is 0 Å². The quantitative estimate of drug-likeness (QED) is 0.567. The van der Waals surface area contributed by atoms with Crippen LogP contribution in [0.3, 0.4) is 0 Å². The predicted octanol–water partition coefficient (Wildman–Crippen LogP) is 4.82. The van der Waals surface area contributed by atoms with Gasteiger partial charge in [0.1, 0.15) is 5.82 Å². The molecule has 0 spiro atoms. The molecule has 0 fully saturated rings. The van der Waals surface area contributed by atoms with Crippen LogP contribution in [0.25, 0.3) is 22.8 Å². The Morgan fingerprint density at radius 3 is 2.15 bits per heavy atom. The molecule has 0 aliphatic heterocycles. The van der Waals surface area contributed by atoms with Gasteiger partial charge in [0.25, 0.3) is 0 Å². The number of rotatable bonds is 5. The molecular formula is C22H18N4. The summed E-state index contributed by atoms with van der Waals surface area (Å²) in [6.07, 6.45) is 1.77. The lowest BCUT2D eigenvalue weighted by molar-refractivity contribution is 1.08. The molecule has 126 valence electrons. The minimum Gasteiger partial charge on any atom is -0.366 e. The fraction of sp³-hybridized carbons (Fsp3) is 0.0455. The zero-order chi connectivity index (χ0) is 17.6. The molecular weight excluding hydrogens is 320 g/mol. The van der Waals surface area contributed by atoms with Gasteiger partial charge in [0.05, 0.1) is 11.4 Å². The minimum absolute atomic E-state index is 0.685. The van der Waals surface area contributed by atoms with Crippen LogP contribution < -0.4 is 5.32 Å². The van der Waals surface area contributed by atoms with Crippen LogP contribution in [0, 0.1) is 0 Å². The highest BCUT2D eigenvalue weighted by atomic mass is 15.0. The van der Waals surface area contributed by atoms with Crippen molar-refractivity contribution in [1.29, 1.82) is 0 Å². The van der Waals surface area contributed by atoms with Crippen molar-refractivity contribution >= 4 is 5.82 Å². The summed E-state index contributed by atoms with van der Waals surface area (Å²) in [5.74, 6) is 1.47. The Bertz CT molecular complexity index is 913. The van der Waals surface area contributed by atoms with E-state index in [2.05, 4.69) is 22.4 Å². The Balaban J connectivity index is 1.70. The van der Waals surface area contributed by atoms with Crippen LogP contribution in [-0.2, 0) is 6.54 Å². The van der Waals surface area contributed by atoms with Crippen molar-refractivity contribution in [2.75, 3.05) is 5.32 Å². The van der Waals surface area contributed by atoms with Gasteiger partial charge in [-0.1, -0.05) is 66.7 Å². The van der Waals surface area contributed by atoms with E-state index in [0.29, 0.717) is 12.4 Å². The van der Waals surface area contributed by atoms with Crippen molar-refractivity contribution in [2.45, 2.75) is 6.54 Å². The van der Waals surface area contributed by atoms with Gasteiger partial charge in [-0.05, 0) is 17.7 Å². The normalized spacial score (nSPS) is 10.5. The molecule has 0 amide bonds. The summed E-state index contributed by atoms with van der Waals surface area (Å²) in [7, 11) is 0. The second kappa shape index (κ2) is 7.57. The van der Waals surface area contributed by atoms with Crippen LogP contribution in [0.15, 0.2) is 91.1 Å². The smallest absolute Gasteiger partial charge is 0.162 e. The molecule has 0 unspecified atom stereocenters. The SMILES string of the molecule is c1ccc(CNc2cc(-c3ccccn3)nc(-c3ccccc3)n2)cc1. The molecule has 0 saturated heterocycles. The maximum Gasteiger partial charge on any atom is 0.162 e. The third-order valence-corrected chi connectivity index (χ3v) is 4.00. The van der Waals surface area contributed by atoms with Crippen LogP contribution in [0.1, 0.15) is 5.56 Å². The topological polar surface area (TPSA) is 50.7 Å². The highest BCUT2D eigenvalue weighted by Gasteiger charge is 2.09. The minimum atomic E-state index is 0.685. The molecule has 4 nitrogen and oxygen atoms in total. The Morgan fingerprint density at radius 1 is 0.692 bits per heavy atom. The molecule has 2 heterocycles. The first kappa shape index (κ1) is 16.0. The van der Waals surface area contributed by atoms with Crippen molar-refractivity contribution in [3.8, 4) is 22.8 Å². The molecule has 0 bridgehead atoms. The first-order valence-corrected chi connectivity index (χ1v) is 8.52. The summed E-state index contributed by atoms with van der Waals surface area (Å²) < 4.78 is 0. The number of nitrogens with zero attached hydrogens (tertiary/aromatic N) is 3. The molecule has 0 aliphatic carbocycles. The van der Waals surface area contributed by atoms with Gasteiger partial charge in [-0.25, -0.2) is 9.97 Å². The van der Waals surface area contributed by atoms with Crippen molar-refractivity contribution in [2.24, 2.45) is 0 Å². The number of hydrogen-bond donors (Lipinski definition) is 1. The van der Waals surface area contributed by atoms with E-state index < -0.39 is 0 Å². The maximum absolute atomic E-state index is 4.72. The van der Waals surface area contributed by atoms with Crippen molar-refractivity contribution in [3.05, 3.63) is 96.7 Å². The van der Waals surface area contributed by atoms with Crippen LogP contribution in [0.5, 0.6) is 0 Å². The first-order chi connectivity index (χ1) is 12.9. The molecule has 26 heavy (non-hydrogen) atoms. The van der Waals surface area contributed by atoms with Crippen molar-refractivity contribution in [3.63, 3.8) is 0 Å². The number of aromatic nitrogens is 3. The van der Waals surface area contributed by atoms with E-state index in [0.717, 1.165) is 22.8 Å². The van der Waals surface area contributed by atoms with E-state index >= 15 is 0 Å². The van der Waals surface area contributed by atoms with Crippen LogP contribution >= 0.6 is 0 Å². The number of hydrogen-bond acceptors (Lipinski definition) is 4. The first-order valence-electron chi connectivity index (χ1n) is 8.52. The second-order valence-corrected chi connectivity index (χ2v) is 5.88. The molecule has 0 radical (unpaired) electrons. The average Bonchev–Trinajstić information content (AvgIpc) is 2.74. The summed E-state index contributed by atoms with van der Waals surface area (Å²) in [6.45, 7) is 0.702. The van der Waals surface area contributed by atoms with Gasteiger partial charge in [0.2, 0.25) is 0 Å². The lowest BCUT2D eigenvalue weighted by Crippen LogP contribution is -2.04. The average molecular weight is 338 g/mol.